The van der Waals surface area contributed by atoms with Crippen molar-refractivity contribution in [3.05, 3.63) is 0 Å². The molecule has 1 unspecified atom stereocenters. The van der Waals surface area contributed by atoms with Gasteiger partial charge in [-0.3, -0.25) is 9.59 Å². The average molecular weight is 267 g/mol. The summed E-state index contributed by atoms with van der Waals surface area (Å²) in [6, 6.07) is 0.0814. The predicted octanol–water partition coefficient (Wildman–Crippen LogP) is 0.583. The standard InChI is InChI=1S/C14H25N3O2/c1-10(15)14(19)16-7-5-12(6-8-16)9-17(11(2)18)13-3-4-13/h10,12-13H,3-9,15H2,1-2H3. The summed E-state index contributed by atoms with van der Waals surface area (Å²) in [5, 5.41) is 0. The molecule has 2 aliphatic rings. The van der Waals surface area contributed by atoms with Crippen LogP contribution in [0.1, 0.15) is 39.5 Å². The van der Waals surface area contributed by atoms with Gasteiger partial charge < -0.3 is 15.5 Å². The van der Waals surface area contributed by atoms with Crippen molar-refractivity contribution in [2.24, 2.45) is 11.7 Å². The molecule has 0 spiro atoms. The first-order valence-corrected chi connectivity index (χ1v) is 7.30. The summed E-state index contributed by atoms with van der Waals surface area (Å²) in [6.07, 6.45) is 4.27. The lowest BCUT2D eigenvalue weighted by Gasteiger charge is -2.35. The van der Waals surface area contributed by atoms with Crippen LogP contribution in [-0.2, 0) is 9.59 Å². The number of nitrogens with zero attached hydrogens (tertiary/aromatic N) is 2. The molecule has 5 nitrogen and oxygen atoms in total. The van der Waals surface area contributed by atoms with Crippen molar-refractivity contribution in [1.29, 1.82) is 0 Å². The van der Waals surface area contributed by atoms with E-state index in [0.29, 0.717) is 12.0 Å². The average Bonchev–Trinajstić information content (AvgIpc) is 3.19. The quantitative estimate of drug-likeness (QED) is 0.810. The van der Waals surface area contributed by atoms with Crippen molar-refractivity contribution >= 4 is 11.8 Å². The highest BCUT2D eigenvalue weighted by atomic mass is 16.2. The largest absolute Gasteiger partial charge is 0.341 e. The third-order valence-electron chi connectivity index (χ3n) is 4.16. The lowest BCUT2D eigenvalue weighted by Crippen LogP contribution is -2.47. The third-order valence-corrected chi connectivity index (χ3v) is 4.16. The summed E-state index contributed by atoms with van der Waals surface area (Å²) in [5.74, 6) is 0.766. The molecule has 1 saturated heterocycles. The van der Waals surface area contributed by atoms with Crippen molar-refractivity contribution in [3.63, 3.8) is 0 Å². The maximum atomic E-state index is 11.8. The first-order valence-electron chi connectivity index (χ1n) is 7.30. The van der Waals surface area contributed by atoms with E-state index < -0.39 is 6.04 Å². The number of piperidine rings is 1. The van der Waals surface area contributed by atoms with Gasteiger partial charge in [0.05, 0.1) is 6.04 Å². The minimum Gasteiger partial charge on any atom is -0.341 e. The Hall–Kier alpha value is -1.10. The van der Waals surface area contributed by atoms with Gasteiger partial charge in [-0.25, -0.2) is 0 Å². The minimum absolute atomic E-state index is 0.0454. The molecule has 1 aliphatic carbocycles. The SMILES string of the molecule is CC(=O)N(CC1CCN(C(=O)C(C)N)CC1)C1CC1. The van der Waals surface area contributed by atoms with E-state index in [9.17, 15) is 9.59 Å². The van der Waals surface area contributed by atoms with E-state index in [2.05, 4.69) is 0 Å². The highest BCUT2D eigenvalue weighted by Gasteiger charge is 2.33. The Balaban J connectivity index is 1.79. The molecule has 1 saturated carbocycles. The summed E-state index contributed by atoms with van der Waals surface area (Å²) >= 11 is 0. The van der Waals surface area contributed by atoms with E-state index in [4.69, 9.17) is 5.73 Å². The Morgan fingerprint density at radius 1 is 1.26 bits per heavy atom. The van der Waals surface area contributed by atoms with Crippen LogP contribution in [0.4, 0.5) is 0 Å². The fraction of sp³-hybridized carbons (Fsp3) is 0.857. The molecule has 2 amide bonds. The molecule has 0 aromatic heterocycles. The van der Waals surface area contributed by atoms with Crippen LogP contribution in [0.3, 0.4) is 0 Å². The molecule has 2 N–H and O–H groups in total. The molecule has 19 heavy (non-hydrogen) atoms. The highest BCUT2D eigenvalue weighted by molar-refractivity contribution is 5.81. The minimum atomic E-state index is -0.406. The Labute approximate surface area is 115 Å². The summed E-state index contributed by atoms with van der Waals surface area (Å²) in [6.45, 7) is 5.81. The molecule has 0 radical (unpaired) electrons. The van der Waals surface area contributed by atoms with Crippen LogP contribution in [0.2, 0.25) is 0 Å². The molecule has 5 heteroatoms. The normalized spacial score (nSPS) is 22.2. The predicted molar refractivity (Wildman–Crippen MR) is 73.4 cm³/mol. The second-order valence-corrected chi connectivity index (χ2v) is 5.96. The fourth-order valence-electron chi connectivity index (χ4n) is 2.82. The van der Waals surface area contributed by atoms with Crippen LogP contribution in [0, 0.1) is 5.92 Å². The number of hydrogen-bond donors (Lipinski definition) is 1. The Bertz CT molecular complexity index is 345. The highest BCUT2D eigenvalue weighted by Crippen LogP contribution is 2.29. The van der Waals surface area contributed by atoms with Crippen LogP contribution in [0.5, 0.6) is 0 Å². The fourth-order valence-corrected chi connectivity index (χ4v) is 2.82. The number of amides is 2. The van der Waals surface area contributed by atoms with Gasteiger partial charge in [0.15, 0.2) is 0 Å². The second kappa shape index (κ2) is 5.90. The molecule has 2 fully saturated rings. The molecule has 0 aromatic carbocycles. The molecule has 1 atom stereocenters. The van der Waals surface area contributed by atoms with Crippen molar-refractivity contribution in [1.82, 2.24) is 9.80 Å². The van der Waals surface area contributed by atoms with E-state index in [1.807, 2.05) is 9.80 Å². The van der Waals surface area contributed by atoms with Crippen LogP contribution in [0.25, 0.3) is 0 Å². The molecule has 2 rings (SSSR count). The van der Waals surface area contributed by atoms with Crippen molar-refractivity contribution in [3.8, 4) is 0 Å². The van der Waals surface area contributed by atoms with E-state index in [1.165, 1.54) is 0 Å². The van der Waals surface area contributed by atoms with Crippen LogP contribution in [-0.4, -0.2) is 53.3 Å². The molecule has 1 aliphatic heterocycles. The number of likely N-dealkylation sites (tertiary alicyclic amines) is 1. The maximum absolute atomic E-state index is 11.8. The first kappa shape index (κ1) is 14.3. The van der Waals surface area contributed by atoms with Crippen LogP contribution >= 0.6 is 0 Å². The monoisotopic (exact) mass is 267 g/mol. The molecule has 108 valence electrons. The van der Waals surface area contributed by atoms with Gasteiger partial charge in [0.1, 0.15) is 0 Å². The number of carbonyl (C=O) groups is 2. The molecule has 0 bridgehead atoms. The van der Waals surface area contributed by atoms with Gasteiger partial charge in [0, 0.05) is 32.6 Å². The summed E-state index contributed by atoms with van der Waals surface area (Å²) in [7, 11) is 0. The molecular formula is C14H25N3O2. The number of hydrogen-bond acceptors (Lipinski definition) is 3. The van der Waals surface area contributed by atoms with Gasteiger partial charge in [-0.05, 0) is 38.5 Å². The molecule has 0 aromatic rings. The summed E-state index contributed by atoms with van der Waals surface area (Å²) in [5.41, 5.74) is 5.63. The topological polar surface area (TPSA) is 66.6 Å². The van der Waals surface area contributed by atoms with Crippen LogP contribution in [0.15, 0.2) is 0 Å². The van der Waals surface area contributed by atoms with Crippen molar-refractivity contribution in [2.75, 3.05) is 19.6 Å². The zero-order valence-corrected chi connectivity index (χ0v) is 12.0. The summed E-state index contributed by atoms with van der Waals surface area (Å²) < 4.78 is 0. The van der Waals surface area contributed by atoms with Crippen molar-refractivity contribution in [2.45, 2.75) is 51.6 Å². The lowest BCUT2D eigenvalue weighted by atomic mass is 9.95. The van der Waals surface area contributed by atoms with Gasteiger partial charge in [-0.2, -0.15) is 0 Å². The van der Waals surface area contributed by atoms with Gasteiger partial charge in [-0.15, -0.1) is 0 Å². The second-order valence-electron chi connectivity index (χ2n) is 5.96. The van der Waals surface area contributed by atoms with Gasteiger partial charge >= 0.3 is 0 Å². The first-order chi connectivity index (χ1) is 8.99. The van der Waals surface area contributed by atoms with Gasteiger partial charge in [0.2, 0.25) is 11.8 Å². The van der Waals surface area contributed by atoms with E-state index in [0.717, 1.165) is 45.3 Å². The summed E-state index contributed by atoms with van der Waals surface area (Å²) in [4.78, 5) is 27.3. The number of carbonyl (C=O) groups excluding carboxylic acids is 2. The molecular weight excluding hydrogens is 242 g/mol. The van der Waals surface area contributed by atoms with Crippen molar-refractivity contribution < 1.29 is 9.59 Å². The molecule has 1 heterocycles. The number of nitrogens with two attached hydrogens (primary N) is 1. The Morgan fingerprint density at radius 3 is 2.26 bits per heavy atom. The maximum Gasteiger partial charge on any atom is 0.239 e. The van der Waals surface area contributed by atoms with E-state index in [1.54, 1.807) is 13.8 Å². The smallest absolute Gasteiger partial charge is 0.239 e. The van der Waals surface area contributed by atoms with Gasteiger partial charge in [0.25, 0.3) is 0 Å². The Morgan fingerprint density at radius 2 is 1.84 bits per heavy atom. The van der Waals surface area contributed by atoms with E-state index >= 15 is 0 Å². The number of rotatable bonds is 4. The van der Waals surface area contributed by atoms with E-state index in [-0.39, 0.29) is 11.8 Å². The Kier molecular flexibility index (Phi) is 4.45. The zero-order valence-electron chi connectivity index (χ0n) is 12.0. The van der Waals surface area contributed by atoms with Crippen LogP contribution < -0.4 is 5.73 Å². The lowest BCUT2D eigenvalue weighted by molar-refractivity contribution is -0.135. The van der Waals surface area contributed by atoms with Gasteiger partial charge in [-0.1, -0.05) is 0 Å². The zero-order chi connectivity index (χ0) is 14.0. The third kappa shape index (κ3) is 3.69.